The van der Waals surface area contributed by atoms with Crippen molar-refractivity contribution in [3.63, 3.8) is 0 Å². The summed E-state index contributed by atoms with van der Waals surface area (Å²) in [5.74, 6) is 2.28. The molecule has 1 aliphatic heterocycles. The van der Waals surface area contributed by atoms with E-state index in [1.165, 1.54) is 0 Å². The van der Waals surface area contributed by atoms with Crippen LogP contribution in [-0.4, -0.2) is 41.3 Å². The zero-order chi connectivity index (χ0) is 19.6. The third-order valence-electron chi connectivity index (χ3n) is 5.51. The Labute approximate surface area is 178 Å². The van der Waals surface area contributed by atoms with Gasteiger partial charge in [-0.1, -0.05) is 40.2 Å². The Morgan fingerprint density at radius 3 is 2.25 bits per heavy atom. The van der Waals surface area contributed by atoms with Crippen LogP contribution in [0.25, 0.3) is 0 Å². The molecule has 146 valence electrons. The maximum absolute atomic E-state index is 12.9. The second-order valence-electron chi connectivity index (χ2n) is 7.41. The number of carbonyl (C=O) groups is 2. The Hall–Kier alpha value is -1.79. The van der Waals surface area contributed by atoms with Gasteiger partial charge in [-0.15, -0.1) is 0 Å². The summed E-state index contributed by atoms with van der Waals surface area (Å²) in [7, 11) is 0. The molecule has 2 aromatic carbocycles. The van der Waals surface area contributed by atoms with Crippen LogP contribution in [0.15, 0.2) is 53.0 Å². The highest BCUT2D eigenvalue weighted by molar-refractivity contribution is 9.10. The first-order valence-corrected chi connectivity index (χ1v) is 11.5. The van der Waals surface area contributed by atoms with Gasteiger partial charge in [-0.05, 0) is 48.2 Å². The highest BCUT2D eigenvalue weighted by Gasteiger charge is 2.51. The molecular weight excluding hydrogens is 436 g/mol. The minimum Gasteiger partial charge on any atom is -0.341 e. The van der Waals surface area contributed by atoms with E-state index >= 15 is 0 Å². The van der Waals surface area contributed by atoms with Gasteiger partial charge in [0.05, 0.1) is 11.8 Å². The quantitative estimate of drug-likeness (QED) is 0.728. The van der Waals surface area contributed by atoms with Gasteiger partial charge in [0, 0.05) is 34.8 Å². The molecule has 2 aromatic rings. The zero-order valence-electron chi connectivity index (χ0n) is 15.6. The van der Waals surface area contributed by atoms with E-state index in [-0.39, 0.29) is 11.8 Å². The van der Waals surface area contributed by atoms with Gasteiger partial charge >= 0.3 is 0 Å². The highest BCUT2D eigenvalue weighted by Crippen LogP contribution is 2.49. The number of rotatable bonds is 5. The van der Waals surface area contributed by atoms with Gasteiger partial charge in [0.15, 0.2) is 0 Å². The predicted octanol–water partition coefficient (Wildman–Crippen LogP) is 4.24. The molecule has 0 aromatic heterocycles. The Kier molecular flexibility index (Phi) is 5.78. The van der Waals surface area contributed by atoms with Crippen LogP contribution in [-0.2, 0) is 21.4 Å². The molecule has 6 heteroatoms. The van der Waals surface area contributed by atoms with Crippen LogP contribution in [0.1, 0.15) is 24.0 Å². The molecule has 1 saturated carbocycles. The maximum atomic E-state index is 12.9. The standard InChI is InChI=1S/C22H23BrN2O2S/c23-18-5-3-17(4-6-18)22(9-10-22)21(27)24-19-7-1-16(2-8-19)15-20(26)25-11-13-28-14-12-25/h1-8H,9-15H2,(H,24,27). The van der Waals surface area contributed by atoms with E-state index in [1.807, 2.05) is 65.2 Å². The monoisotopic (exact) mass is 458 g/mol. The summed E-state index contributed by atoms with van der Waals surface area (Å²) in [4.78, 5) is 27.2. The summed E-state index contributed by atoms with van der Waals surface area (Å²) in [5.41, 5.74) is 2.42. The van der Waals surface area contributed by atoms with E-state index in [0.717, 1.165) is 58.7 Å². The van der Waals surface area contributed by atoms with Crippen molar-refractivity contribution in [3.8, 4) is 0 Å². The fourth-order valence-electron chi connectivity index (χ4n) is 3.60. The molecule has 2 fully saturated rings. The molecular formula is C22H23BrN2O2S. The van der Waals surface area contributed by atoms with Crippen molar-refractivity contribution in [1.29, 1.82) is 0 Å². The smallest absolute Gasteiger partial charge is 0.235 e. The molecule has 4 nitrogen and oxygen atoms in total. The first kappa shape index (κ1) is 19.5. The van der Waals surface area contributed by atoms with Crippen molar-refractivity contribution in [2.24, 2.45) is 0 Å². The van der Waals surface area contributed by atoms with Gasteiger partial charge in [0.25, 0.3) is 0 Å². The van der Waals surface area contributed by atoms with E-state index in [0.29, 0.717) is 6.42 Å². The number of hydrogen-bond acceptors (Lipinski definition) is 3. The SMILES string of the molecule is O=C(Cc1ccc(NC(=O)C2(c3ccc(Br)cc3)CC2)cc1)N1CCSCC1. The van der Waals surface area contributed by atoms with Crippen molar-refractivity contribution in [2.75, 3.05) is 29.9 Å². The lowest BCUT2D eigenvalue weighted by Gasteiger charge is -2.26. The molecule has 2 aliphatic rings. The molecule has 1 saturated heterocycles. The normalized spacial score (nSPS) is 17.8. The van der Waals surface area contributed by atoms with Crippen LogP contribution in [0, 0.1) is 0 Å². The number of halogens is 1. The molecule has 1 heterocycles. The van der Waals surface area contributed by atoms with Crippen LogP contribution in [0.5, 0.6) is 0 Å². The van der Waals surface area contributed by atoms with E-state index < -0.39 is 5.41 Å². The van der Waals surface area contributed by atoms with Gasteiger partial charge in [-0.25, -0.2) is 0 Å². The van der Waals surface area contributed by atoms with Gasteiger partial charge in [-0.3, -0.25) is 9.59 Å². The lowest BCUT2D eigenvalue weighted by atomic mass is 9.95. The van der Waals surface area contributed by atoms with Crippen molar-refractivity contribution in [1.82, 2.24) is 4.90 Å². The highest BCUT2D eigenvalue weighted by atomic mass is 79.9. The second-order valence-corrected chi connectivity index (χ2v) is 9.55. The predicted molar refractivity (Wildman–Crippen MR) is 118 cm³/mol. The van der Waals surface area contributed by atoms with Gasteiger partial charge in [0.1, 0.15) is 0 Å². The molecule has 28 heavy (non-hydrogen) atoms. The Morgan fingerprint density at radius 1 is 1.00 bits per heavy atom. The summed E-state index contributed by atoms with van der Waals surface area (Å²) in [5, 5.41) is 3.05. The summed E-state index contributed by atoms with van der Waals surface area (Å²) in [6, 6.07) is 15.7. The third kappa shape index (κ3) is 4.28. The van der Waals surface area contributed by atoms with E-state index in [1.54, 1.807) is 0 Å². The molecule has 0 unspecified atom stereocenters. The molecule has 4 rings (SSSR count). The maximum Gasteiger partial charge on any atom is 0.235 e. The lowest BCUT2D eigenvalue weighted by molar-refractivity contribution is -0.130. The minimum atomic E-state index is -0.401. The van der Waals surface area contributed by atoms with Gasteiger partial charge in [-0.2, -0.15) is 11.8 Å². The first-order valence-electron chi connectivity index (χ1n) is 9.59. The summed E-state index contributed by atoms with van der Waals surface area (Å²) in [6.07, 6.45) is 2.17. The average Bonchev–Trinajstić information content (AvgIpc) is 3.53. The molecule has 0 spiro atoms. The summed E-state index contributed by atoms with van der Waals surface area (Å²) < 4.78 is 1.01. The minimum absolute atomic E-state index is 0.0458. The van der Waals surface area contributed by atoms with Crippen LogP contribution < -0.4 is 5.32 Å². The number of nitrogens with zero attached hydrogens (tertiary/aromatic N) is 1. The number of thioether (sulfide) groups is 1. The van der Waals surface area contributed by atoms with Crippen LogP contribution >= 0.6 is 27.7 Å². The number of anilines is 1. The molecule has 0 atom stereocenters. The van der Waals surface area contributed by atoms with E-state index in [4.69, 9.17) is 0 Å². The summed E-state index contributed by atoms with van der Waals surface area (Å²) in [6.45, 7) is 1.69. The van der Waals surface area contributed by atoms with Crippen LogP contribution in [0.3, 0.4) is 0 Å². The van der Waals surface area contributed by atoms with Gasteiger partial charge < -0.3 is 10.2 Å². The Bertz CT molecular complexity index is 857. The Morgan fingerprint density at radius 2 is 1.64 bits per heavy atom. The number of nitrogens with one attached hydrogen (secondary N) is 1. The van der Waals surface area contributed by atoms with Crippen molar-refractivity contribution in [2.45, 2.75) is 24.7 Å². The molecule has 1 aliphatic carbocycles. The molecule has 0 bridgehead atoms. The average molecular weight is 459 g/mol. The van der Waals surface area contributed by atoms with Crippen LogP contribution in [0.2, 0.25) is 0 Å². The number of benzene rings is 2. The molecule has 0 radical (unpaired) electrons. The van der Waals surface area contributed by atoms with Crippen molar-refractivity contribution < 1.29 is 9.59 Å². The molecule has 1 N–H and O–H groups in total. The Balaban J connectivity index is 1.37. The van der Waals surface area contributed by atoms with E-state index in [2.05, 4.69) is 21.2 Å². The van der Waals surface area contributed by atoms with Crippen molar-refractivity contribution >= 4 is 45.2 Å². The fourth-order valence-corrected chi connectivity index (χ4v) is 4.76. The zero-order valence-corrected chi connectivity index (χ0v) is 18.0. The topological polar surface area (TPSA) is 49.4 Å². The van der Waals surface area contributed by atoms with Crippen LogP contribution in [0.4, 0.5) is 5.69 Å². The van der Waals surface area contributed by atoms with Gasteiger partial charge in [0.2, 0.25) is 11.8 Å². The lowest BCUT2D eigenvalue weighted by Crippen LogP contribution is -2.38. The first-order chi connectivity index (χ1) is 13.6. The van der Waals surface area contributed by atoms with E-state index in [9.17, 15) is 9.59 Å². The van der Waals surface area contributed by atoms with Crippen molar-refractivity contribution in [3.05, 3.63) is 64.1 Å². The second kappa shape index (κ2) is 8.29. The molecule has 2 amide bonds. The third-order valence-corrected chi connectivity index (χ3v) is 6.98. The summed E-state index contributed by atoms with van der Waals surface area (Å²) >= 11 is 5.34. The number of hydrogen-bond donors (Lipinski definition) is 1. The number of amides is 2. The fraction of sp³-hybridized carbons (Fsp3) is 0.364. The number of carbonyl (C=O) groups excluding carboxylic acids is 2. The largest absolute Gasteiger partial charge is 0.341 e.